The number of carbonyl (C=O) groups is 1. The van der Waals surface area contributed by atoms with Gasteiger partial charge in [0.05, 0.1) is 12.1 Å². The maximum absolute atomic E-state index is 12.1. The van der Waals surface area contributed by atoms with Crippen LogP contribution in [-0.4, -0.2) is 28.3 Å². The predicted octanol–water partition coefficient (Wildman–Crippen LogP) is 0.733. The van der Waals surface area contributed by atoms with Gasteiger partial charge in [0, 0.05) is 30.9 Å². The van der Waals surface area contributed by atoms with Crippen molar-refractivity contribution in [2.45, 2.75) is 39.3 Å². The average Bonchev–Trinajstić information content (AvgIpc) is 2.68. The van der Waals surface area contributed by atoms with Crippen molar-refractivity contribution in [3.63, 3.8) is 0 Å². The summed E-state index contributed by atoms with van der Waals surface area (Å²) in [5.41, 5.74) is 2.19. The first-order valence-corrected chi connectivity index (χ1v) is 6.58. The van der Waals surface area contributed by atoms with E-state index >= 15 is 0 Å². The van der Waals surface area contributed by atoms with Crippen LogP contribution >= 0.6 is 0 Å². The van der Waals surface area contributed by atoms with Gasteiger partial charge in [0.2, 0.25) is 5.91 Å². The van der Waals surface area contributed by atoms with Crippen molar-refractivity contribution < 1.29 is 4.79 Å². The number of nitrogens with zero attached hydrogens (tertiary/aromatic N) is 2. The summed E-state index contributed by atoms with van der Waals surface area (Å²) >= 11 is 0. The molecular weight excluding hydrogens is 228 g/mol. The van der Waals surface area contributed by atoms with Gasteiger partial charge in [-0.1, -0.05) is 0 Å². The molecule has 0 aromatic carbocycles. The minimum absolute atomic E-state index is 0.0933. The fourth-order valence-corrected chi connectivity index (χ4v) is 2.43. The summed E-state index contributed by atoms with van der Waals surface area (Å²) in [5, 5.41) is 10.5. The summed E-state index contributed by atoms with van der Waals surface area (Å²) in [6.45, 7) is 5.69. The van der Waals surface area contributed by atoms with Crippen LogP contribution in [0.4, 0.5) is 0 Å². The Kier molecular flexibility index (Phi) is 4.01. The summed E-state index contributed by atoms with van der Waals surface area (Å²) in [7, 11) is 1.91. The van der Waals surface area contributed by atoms with Gasteiger partial charge in [-0.3, -0.25) is 9.48 Å². The van der Waals surface area contributed by atoms with Gasteiger partial charge < -0.3 is 10.6 Å². The molecule has 100 valence electrons. The average molecular weight is 250 g/mol. The van der Waals surface area contributed by atoms with Crippen LogP contribution in [0.1, 0.15) is 31.0 Å². The predicted molar refractivity (Wildman–Crippen MR) is 70.0 cm³/mol. The highest BCUT2D eigenvalue weighted by molar-refractivity contribution is 5.79. The molecule has 0 spiro atoms. The van der Waals surface area contributed by atoms with Crippen LogP contribution in [0.15, 0.2) is 6.20 Å². The van der Waals surface area contributed by atoms with E-state index in [1.165, 1.54) is 0 Å². The molecule has 1 fully saturated rings. The fraction of sp³-hybridized carbons (Fsp3) is 0.692. The molecule has 0 saturated carbocycles. The second kappa shape index (κ2) is 5.52. The zero-order valence-electron chi connectivity index (χ0n) is 11.4. The van der Waals surface area contributed by atoms with Crippen LogP contribution in [0.2, 0.25) is 0 Å². The van der Waals surface area contributed by atoms with E-state index < -0.39 is 0 Å². The first-order valence-electron chi connectivity index (χ1n) is 6.58. The fourth-order valence-electron chi connectivity index (χ4n) is 2.43. The van der Waals surface area contributed by atoms with E-state index in [-0.39, 0.29) is 17.9 Å². The largest absolute Gasteiger partial charge is 0.352 e. The van der Waals surface area contributed by atoms with Gasteiger partial charge in [-0.2, -0.15) is 5.10 Å². The number of piperidine rings is 1. The first kappa shape index (κ1) is 13.1. The smallest absolute Gasteiger partial charge is 0.224 e. The molecule has 1 aliphatic rings. The number of aromatic nitrogens is 2. The molecule has 0 aliphatic carbocycles. The molecule has 1 saturated heterocycles. The van der Waals surface area contributed by atoms with Crippen molar-refractivity contribution >= 4 is 5.91 Å². The lowest BCUT2D eigenvalue weighted by atomic mass is 9.91. The molecule has 2 unspecified atom stereocenters. The normalized spacial score (nSPS) is 23.9. The van der Waals surface area contributed by atoms with E-state index in [0.717, 1.165) is 30.6 Å². The summed E-state index contributed by atoms with van der Waals surface area (Å²) in [5.74, 6) is 0.244. The zero-order chi connectivity index (χ0) is 13.1. The SMILES string of the molecule is Cc1c(CNC(=O)C2CCCNC2C)cnn1C. The Morgan fingerprint density at radius 2 is 2.44 bits per heavy atom. The van der Waals surface area contributed by atoms with Gasteiger partial charge in [-0.25, -0.2) is 0 Å². The van der Waals surface area contributed by atoms with E-state index in [1.807, 2.05) is 24.9 Å². The third-order valence-corrected chi connectivity index (χ3v) is 3.89. The van der Waals surface area contributed by atoms with Crippen LogP contribution < -0.4 is 10.6 Å². The molecule has 1 aliphatic heterocycles. The van der Waals surface area contributed by atoms with Crippen molar-refractivity contribution in [2.75, 3.05) is 6.54 Å². The topological polar surface area (TPSA) is 59.0 Å². The Morgan fingerprint density at radius 1 is 1.67 bits per heavy atom. The summed E-state index contributed by atoms with van der Waals surface area (Å²) in [6, 6.07) is 0.272. The Hall–Kier alpha value is -1.36. The molecular formula is C13H22N4O. The van der Waals surface area contributed by atoms with Crippen LogP contribution in [0.25, 0.3) is 0 Å². The van der Waals surface area contributed by atoms with Gasteiger partial charge >= 0.3 is 0 Å². The molecule has 5 nitrogen and oxygen atoms in total. The molecule has 18 heavy (non-hydrogen) atoms. The van der Waals surface area contributed by atoms with E-state index in [1.54, 1.807) is 0 Å². The molecule has 2 rings (SSSR count). The highest BCUT2D eigenvalue weighted by Crippen LogP contribution is 2.16. The number of hydrogen-bond donors (Lipinski definition) is 2. The second-order valence-electron chi connectivity index (χ2n) is 5.09. The molecule has 1 aromatic heterocycles. The molecule has 5 heteroatoms. The monoisotopic (exact) mass is 250 g/mol. The Bertz CT molecular complexity index is 427. The van der Waals surface area contributed by atoms with Crippen molar-refractivity contribution in [3.05, 3.63) is 17.5 Å². The maximum atomic E-state index is 12.1. The standard InChI is InChI=1S/C13H22N4O/c1-9-12(5-4-6-14-9)13(18)15-7-11-8-16-17(3)10(11)2/h8-9,12,14H,4-7H2,1-3H3,(H,15,18). The molecule has 1 amide bonds. The third kappa shape index (κ3) is 2.72. The first-order chi connectivity index (χ1) is 8.59. The van der Waals surface area contributed by atoms with Gasteiger partial charge in [-0.15, -0.1) is 0 Å². The zero-order valence-corrected chi connectivity index (χ0v) is 11.4. The number of aryl methyl sites for hydroxylation is 1. The maximum Gasteiger partial charge on any atom is 0.224 e. The number of rotatable bonds is 3. The van der Waals surface area contributed by atoms with E-state index in [2.05, 4.69) is 22.7 Å². The van der Waals surface area contributed by atoms with E-state index in [0.29, 0.717) is 6.54 Å². The highest BCUT2D eigenvalue weighted by Gasteiger charge is 2.27. The quantitative estimate of drug-likeness (QED) is 0.831. The van der Waals surface area contributed by atoms with Crippen LogP contribution in [0.3, 0.4) is 0 Å². The highest BCUT2D eigenvalue weighted by atomic mass is 16.1. The number of carbonyl (C=O) groups excluding carboxylic acids is 1. The Labute approximate surface area is 108 Å². The lowest BCUT2D eigenvalue weighted by molar-refractivity contribution is -0.126. The molecule has 2 atom stereocenters. The van der Waals surface area contributed by atoms with Crippen molar-refractivity contribution in [3.8, 4) is 0 Å². The van der Waals surface area contributed by atoms with Gasteiger partial charge in [0.25, 0.3) is 0 Å². The molecule has 2 N–H and O–H groups in total. The van der Waals surface area contributed by atoms with Crippen molar-refractivity contribution in [1.29, 1.82) is 0 Å². The van der Waals surface area contributed by atoms with Crippen molar-refractivity contribution in [1.82, 2.24) is 20.4 Å². The van der Waals surface area contributed by atoms with Crippen LogP contribution in [0, 0.1) is 12.8 Å². The van der Waals surface area contributed by atoms with E-state index in [4.69, 9.17) is 0 Å². The summed E-state index contributed by atoms with van der Waals surface area (Å²) < 4.78 is 1.83. The Morgan fingerprint density at radius 3 is 3.06 bits per heavy atom. The molecule has 2 heterocycles. The number of nitrogens with one attached hydrogen (secondary N) is 2. The number of hydrogen-bond acceptors (Lipinski definition) is 3. The summed E-state index contributed by atoms with van der Waals surface area (Å²) in [6.07, 6.45) is 3.87. The third-order valence-electron chi connectivity index (χ3n) is 3.89. The minimum atomic E-state index is 0.0933. The second-order valence-corrected chi connectivity index (χ2v) is 5.09. The Balaban J connectivity index is 1.90. The number of amides is 1. The lowest BCUT2D eigenvalue weighted by Crippen LogP contribution is -2.46. The van der Waals surface area contributed by atoms with E-state index in [9.17, 15) is 4.79 Å². The lowest BCUT2D eigenvalue weighted by Gasteiger charge is -2.28. The van der Waals surface area contributed by atoms with Gasteiger partial charge in [0.15, 0.2) is 0 Å². The molecule has 0 bridgehead atoms. The van der Waals surface area contributed by atoms with Gasteiger partial charge in [-0.05, 0) is 33.2 Å². The van der Waals surface area contributed by atoms with Gasteiger partial charge in [0.1, 0.15) is 0 Å². The minimum Gasteiger partial charge on any atom is -0.352 e. The summed E-state index contributed by atoms with van der Waals surface area (Å²) in [4.78, 5) is 12.1. The van der Waals surface area contributed by atoms with Crippen LogP contribution in [0.5, 0.6) is 0 Å². The van der Waals surface area contributed by atoms with Crippen LogP contribution in [-0.2, 0) is 18.4 Å². The van der Waals surface area contributed by atoms with Crippen molar-refractivity contribution in [2.24, 2.45) is 13.0 Å². The molecule has 1 aromatic rings. The molecule has 0 radical (unpaired) electrons.